The summed E-state index contributed by atoms with van der Waals surface area (Å²) in [5.41, 5.74) is 0.0334. The molecule has 1 aromatic rings. The van der Waals surface area contributed by atoms with Crippen LogP contribution in [-0.2, 0) is 0 Å². The van der Waals surface area contributed by atoms with E-state index in [1.807, 2.05) is 0 Å². The predicted octanol–water partition coefficient (Wildman–Crippen LogP) is 1.22. The summed E-state index contributed by atoms with van der Waals surface area (Å²) in [5, 5.41) is 19.0. The number of nitro benzene ring substituents is 1. The van der Waals surface area contributed by atoms with Crippen LogP contribution in [0.4, 0.5) is 5.69 Å². The predicted molar refractivity (Wildman–Crippen MR) is 50.5 cm³/mol. The fourth-order valence-electron chi connectivity index (χ4n) is 0.980. The van der Waals surface area contributed by atoms with Gasteiger partial charge in [0.2, 0.25) is 0 Å². The smallest absolute Gasteiger partial charge is 0.342 e. The number of nitrogens with zero attached hydrogens (tertiary/aromatic N) is 1. The number of carboxylic acid groups (broad SMARTS) is 1. The van der Waals surface area contributed by atoms with Gasteiger partial charge in [-0.3, -0.25) is 10.1 Å². The average Bonchev–Trinajstić information content (AvgIpc) is 2.03. The van der Waals surface area contributed by atoms with Gasteiger partial charge in [0.15, 0.2) is 0 Å². The first-order valence-electron chi connectivity index (χ1n) is 3.50. The molecule has 0 saturated carbocycles. The Bertz CT molecular complexity index is 378. The minimum absolute atomic E-state index is 0. The molecule has 1 radical (unpaired) electrons. The van der Waals surface area contributed by atoms with Crippen LogP contribution in [0.5, 0.6) is 0 Å². The third-order valence-corrected chi connectivity index (χ3v) is 1.58. The van der Waals surface area contributed by atoms with E-state index in [0.717, 1.165) is 0 Å². The topological polar surface area (TPSA) is 80.4 Å². The summed E-state index contributed by atoms with van der Waals surface area (Å²) in [5.74, 6) is -1.28. The van der Waals surface area contributed by atoms with Crippen LogP contribution in [0.1, 0.15) is 15.9 Å². The van der Waals surface area contributed by atoms with E-state index in [2.05, 4.69) is 0 Å². The van der Waals surface area contributed by atoms with Gasteiger partial charge in [-0.25, -0.2) is 4.79 Å². The van der Waals surface area contributed by atoms with Crippen LogP contribution in [0.25, 0.3) is 0 Å². The fraction of sp³-hybridized carbons (Fsp3) is 0.125. The average molecular weight is 220 g/mol. The van der Waals surface area contributed by atoms with Crippen molar-refractivity contribution in [2.45, 2.75) is 6.92 Å². The first-order valence-corrected chi connectivity index (χ1v) is 3.50. The second-order valence-corrected chi connectivity index (χ2v) is 2.58. The molecule has 0 aliphatic heterocycles. The van der Waals surface area contributed by atoms with Gasteiger partial charge in [0.25, 0.3) is 5.69 Å². The molecule has 0 saturated heterocycles. The second-order valence-electron chi connectivity index (χ2n) is 2.58. The summed E-state index contributed by atoms with van der Waals surface area (Å²) in [6, 6.07) is 3.98. The number of carboxylic acids is 1. The monoisotopic (exact) mass is 220 g/mol. The first kappa shape index (κ1) is 13.7. The molecule has 6 heteroatoms. The molecule has 0 aliphatic rings. The van der Waals surface area contributed by atoms with Crippen LogP contribution in [-0.4, -0.2) is 67.4 Å². The quantitative estimate of drug-likeness (QED) is 0.461. The van der Waals surface area contributed by atoms with Gasteiger partial charge >= 0.3 is 5.97 Å². The molecule has 0 bridgehead atoms. The summed E-state index contributed by atoms with van der Waals surface area (Å²) < 4.78 is 0. The molecule has 0 fully saturated rings. The van der Waals surface area contributed by atoms with E-state index in [1.165, 1.54) is 18.2 Å². The van der Waals surface area contributed by atoms with Gasteiger partial charge in [0.1, 0.15) is 5.56 Å². The van der Waals surface area contributed by atoms with E-state index < -0.39 is 10.9 Å². The molecule has 0 aliphatic carbocycles. The Morgan fingerprint density at radius 3 is 2.50 bits per heavy atom. The molecule has 0 unspecified atom stereocenters. The van der Waals surface area contributed by atoms with Gasteiger partial charge in [0, 0.05) is 57.5 Å². The number of hydrogen-bond acceptors (Lipinski definition) is 3. The minimum atomic E-state index is -1.28. The van der Waals surface area contributed by atoms with Crippen LogP contribution >= 0.6 is 0 Å². The molecular weight excluding hydrogens is 213 g/mol. The fourth-order valence-corrected chi connectivity index (χ4v) is 0.980. The van der Waals surface area contributed by atoms with Crippen molar-refractivity contribution in [1.29, 1.82) is 0 Å². The summed E-state index contributed by atoms with van der Waals surface area (Å²) in [6.45, 7) is 1.68. The molecule has 0 atom stereocenters. The molecule has 0 amide bonds. The SMILES string of the molecule is Cc1ccc([N+](=O)[O-])c(C(=O)O)c1.[K]. The summed E-state index contributed by atoms with van der Waals surface area (Å²) in [4.78, 5) is 20.2. The zero-order valence-electron chi connectivity index (χ0n) is 7.85. The van der Waals surface area contributed by atoms with Crippen molar-refractivity contribution in [2.75, 3.05) is 0 Å². The van der Waals surface area contributed by atoms with Gasteiger partial charge in [-0.05, 0) is 18.6 Å². The summed E-state index contributed by atoms with van der Waals surface area (Å²) in [6.07, 6.45) is 0. The number of benzene rings is 1. The summed E-state index contributed by atoms with van der Waals surface area (Å²) in [7, 11) is 0. The second kappa shape index (κ2) is 5.57. The van der Waals surface area contributed by atoms with Gasteiger partial charge in [0.05, 0.1) is 4.92 Å². The van der Waals surface area contributed by atoms with E-state index in [1.54, 1.807) is 6.92 Å². The Balaban J connectivity index is 0.00000169. The normalized spacial score (nSPS) is 8.93. The van der Waals surface area contributed by atoms with Crippen molar-refractivity contribution in [1.82, 2.24) is 0 Å². The number of hydrogen-bond donors (Lipinski definition) is 1. The van der Waals surface area contributed by atoms with E-state index >= 15 is 0 Å². The van der Waals surface area contributed by atoms with Gasteiger partial charge in [-0.15, -0.1) is 0 Å². The van der Waals surface area contributed by atoms with Crippen molar-refractivity contribution in [3.05, 3.63) is 39.4 Å². The van der Waals surface area contributed by atoms with Gasteiger partial charge in [-0.1, -0.05) is 6.07 Å². The minimum Gasteiger partial charge on any atom is -0.477 e. The Morgan fingerprint density at radius 2 is 2.07 bits per heavy atom. The molecule has 5 nitrogen and oxygen atoms in total. The first-order chi connectivity index (χ1) is 6.02. The van der Waals surface area contributed by atoms with Crippen LogP contribution in [0.3, 0.4) is 0 Å². The van der Waals surface area contributed by atoms with E-state index in [9.17, 15) is 14.9 Å². The van der Waals surface area contributed by atoms with Crippen molar-refractivity contribution in [2.24, 2.45) is 0 Å². The molecule has 14 heavy (non-hydrogen) atoms. The number of aryl methyl sites for hydroxylation is 1. The van der Waals surface area contributed by atoms with E-state index in [0.29, 0.717) is 5.56 Å². The maximum atomic E-state index is 10.6. The molecule has 69 valence electrons. The molecule has 0 aromatic heterocycles. The van der Waals surface area contributed by atoms with E-state index in [4.69, 9.17) is 5.11 Å². The van der Waals surface area contributed by atoms with Crippen molar-refractivity contribution in [3.8, 4) is 0 Å². The van der Waals surface area contributed by atoms with Crippen molar-refractivity contribution in [3.63, 3.8) is 0 Å². The van der Waals surface area contributed by atoms with Crippen LogP contribution in [0.2, 0.25) is 0 Å². The molecule has 1 rings (SSSR count). The zero-order chi connectivity index (χ0) is 10.0. The molecule has 1 N–H and O–H groups in total. The van der Waals surface area contributed by atoms with Gasteiger partial charge in [-0.2, -0.15) is 0 Å². The van der Waals surface area contributed by atoms with Gasteiger partial charge < -0.3 is 5.11 Å². The Kier molecular flexibility index (Phi) is 5.46. The molecule has 1 aromatic carbocycles. The van der Waals surface area contributed by atoms with Crippen molar-refractivity contribution < 1.29 is 14.8 Å². The van der Waals surface area contributed by atoms with Crippen LogP contribution in [0, 0.1) is 17.0 Å². The largest absolute Gasteiger partial charge is 0.477 e. The Hall–Kier alpha value is -0.274. The van der Waals surface area contributed by atoms with Crippen LogP contribution in [0.15, 0.2) is 18.2 Å². The molecule has 0 spiro atoms. The zero-order valence-corrected chi connectivity index (χ0v) is 11.0. The molecular formula is C8H7KNO4. The third kappa shape index (κ3) is 3.14. The maximum Gasteiger partial charge on any atom is 0.342 e. The Morgan fingerprint density at radius 1 is 1.50 bits per heavy atom. The number of carbonyl (C=O) groups is 1. The van der Waals surface area contributed by atoms with E-state index in [-0.39, 0.29) is 62.6 Å². The number of nitro groups is 1. The summed E-state index contributed by atoms with van der Waals surface area (Å²) >= 11 is 0. The Labute approximate surface area is 123 Å². The number of rotatable bonds is 2. The maximum absolute atomic E-state index is 10.6. The third-order valence-electron chi connectivity index (χ3n) is 1.58. The molecule has 0 heterocycles. The number of aromatic carboxylic acids is 1. The standard InChI is InChI=1S/C8H7NO4.K/c1-5-2-3-7(9(12)13)6(4-5)8(10)11;/h2-4H,1H3,(H,10,11);. The van der Waals surface area contributed by atoms with Crippen LogP contribution < -0.4 is 0 Å². The van der Waals surface area contributed by atoms with Crippen molar-refractivity contribution >= 4 is 63.0 Å².